The molecule has 1 fully saturated rings. The standard InChI is InChI=1S/C16H25NS/c1-14-8-6-7-11-16(14)17(2)12-13-18-15-9-4-3-5-10-15/h3-5,9-10,14,16H,6-8,11-13H2,1-2H3. The molecule has 100 valence electrons. The zero-order valence-corrected chi connectivity index (χ0v) is 12.5. The first-order valence-electron chi connectivity index (χ1n) is 7.15. The van der Waals surface area contributed by atoms with Crippen LogP contribution in [0.15, 0.2) is 35.2 Å². The minimum atomic E-state index is 0.815. The average Bonchev–Trinajstić information content (AvgIpc) is 2.40. The number of hydrogen-bond donors (Lipinski definition) is 0. The van der Waals surface area contributed by atoms with Gasteiger partial charge in [-0.2, -0.15) is 0 Å². The summed E-state index contributed by atoms with van der Waals surface area (Å²) in [6, 6.07) is 11.5. The lowest BCUT2D eigenvalue weighted by Crippen LogP contribution is -2.40. The molecule has 1 nitrogen and oxygen atoms in total. The summed E-state index contributed by atoms with van der Waals surface area (Å²) in [6.45, 7) is 3.62. The molecule has 0 aliphatic heterocycles. The summed E-state index contributed by atoms with van der Waals surface area (Å²) in [5.74, 6) is 2.08. The fraction of sp³-hybridized carbons (Fsp3) is 0.625. The maximum Gasteiger partial charge on any atom is 0.0118 e. The SMILES string of the molecule is CC1CCCCC1N(C)CCSc1ccccc1. The Morgan fingerprint density at radius 2 is 1.89 bits per heavy atom. The molecule has 1 aliphatic carbocycles. The Kier molecular flexibility index (Phi) is 5.58. The van der Waals surface area contributed by atoms with Crippen molar-refractivity contribution in [2.75, 3.05) is 19.3 Å². The van der Waals surface area contributed by atoms with Crippen LogP contribution in [0.1, 0.15) is 32.6 Å². The summed E-state index contributed by atoms with van der Waals surface area (Å²) >= 11 is 1.97. The van der Waals surface area contributed by atoms with Gasteiger partial charge in [-0.15, -0.1) is 11.8 Å². The maximum absolute atomic E-state index is 2.58. The van der Waals surface area contributed by atoms with Crippen molar-refractivity contribution in [1.29, 1.82) is 0 Å². The van der Waals surface area contributed by atoms with Gasteiger partial charge in [-0.25, -0.2) is 0 Å². The molecular formula is C16H25NS. The molecule has 1 aliphatic rings. The largest absolute Gasteiger partial charge is 0.302 e. The molecule has 2 heteroatoms. The Balaban J connectivity index is 1.72. The normalized spacial score (nSPS) is 24.4. The highest BCUT2D eigenvalue weighted by Gasteiger charge is 2.24. The molecule has 0 bridgehead atoms. The molecule has 0 amide bonds. The lowest BCUT2D eigenvalue weighted by molar-refractivity contribution is 0.147. The van der Waals surface area contributed by atoms with Crippen LogP contribution in [-0.4, -0.2) is 30.3 Å². The van der Waals surface area contributed by atoms with E-state index in [0.29, 0.717) is 0 Å². The molecule has 1 aromatic rings. The van der Waals surface area contributed by atoms with Crippen LogP contribution in [-0.2, 0) is 0 Å². The molecular weight excluding hydrogens is 238 g/mol. The van der Waals surface area contributed by atoms with Gasteiger partial charge in [0.2, 0.25) is 0 Å². The van der Waals surface area contributed by atoms with Crippen LogP contribution >= 0.6 is 11.8 Å². The maximum atomic E-state index is 2.58. The number of benzene rings is 1. The van der Waals surface area contributed by atoms with E-state index in [1.807, 2.05) is 11.8 Å². The van der Waals surface area contributed by atoms with Crippen molar-refractivity contribution in [3.8, 4) is 0 Å². The summed E-state index contributed by atoms with van der Waals surface area (Å²) in [5.41, 5.74) is 0. The Hall–Kier alpha value is -0.470. The molecule has 0 saturated heterocycles. The second kappa shape index (κ2) is 7.20. The predicted molar refractivity (Wildman–Crippen MR) is 81.2 cm³/mol. The summed E-state index contributed by atoms with van der Waals surface area (Å²) in [4.78, 5) is 3.97. The van der Waals surface area contributed by atoms with E-state index in [0.717, 1.165) is 12.0 Å². The van der Waals surface area contributed by atoms with E-state index >= 15 is 0 Å². The van der Waals surface area contributed by atoms with Gasteiger partial charge in [0, 0.05) is 23.2 Å². The van der Waals surface area contributed by atoms with Crippen LogP contribution in [0.25, 0.3) is 0 Å². The average molecular weight is 263 g/mol. The lowest BCUT2D eigenvalue weighted by Gasteiger charge is -2.36. The van der Waals surface area contributed by atoms with Crippen LogP contribution in [0, 0.1) is 5.92 Å². The second-order valence-electron chi connectivity index (χ2n) is 5.47. The molecule has 0 N–H and O–H groups in total. The highest BCUT2D eigenvalue weighted by molar-refractivity contribution is 7.99. The van der Waals surface area contributed by atoms with Gasteiger partial charge < -0.3 is 4.90 Å². The summed E-state index contributed by atoms with van der Waals surface area (Å²) in [5, 5.41) is 0. The highest BCUT2D eigenvalue weighted by Crippen LogP contribution is 2.27. The molecule has 18 heavy (non-hydrogen) atoms. The van der Waals surface area contributed by atoms with Crippen molar-refractivity contribution >= 4 is 11.8 Å². The van der Waals surface area contributed by atoms with E-state index in [1.54, 1.807) is 0 Å². The van der Waals surface area contributed by atoms with Crippen LogP contribution in [0.4, 0.5) is 0 Å². The Labute approximate surface area is 116 Å². The Morgan fingerprint density at radius 1 is 1.17 bits per heavy atom. The minimum Gasteiger partial charge on any atom is -0.302 e. The molecule has 2 unspecified atom stereocenters. The van der Waals surface area contributed by atoms with E-state index < -0.39 is 0 Å². The van der Waals surface area contributed by atoms with Gasteiger partial charge in [-0.05, 0) is 37.9 Å². The fourth-order valence-corrected chi connectivity index (χ4v) is 3.91. The Morgan fingerprint density at radius 3 is 2.61 bits per heavy atom. The topological polar surface area (TPSA) is 3.24 Å². The monoisotopic (exact) mass is 263 g/mol. The minimum absolute atomic E-state index is 0.815. The zero-order chi connectivity index (χ0) is 12.8. The zero-order valence-electron chi connectivity index (χ0n) is 11.6. The smallest absolute Gasteiger partial charge is 0.0118 e. The fourth-order valence-electron chi connectivity index (χ4n) is 2.94. The van der Waals surface area contributed by atoms with Crippen molar-refractivity contribution < 1.29 is 0 Å². The number of thioether (sulfide) groups is 1. The van der Waals surface area contributed by atoms with Gasteiger partial charge >= 0.3 is 0 Å². The summed E-state index contributed by atoms with van der Waals surface area (Å²) in [6.07, 6.45) is 5.67. The number of nitrogens with zero attached hydrogens (tertiary/aromatic N) is 1. The van der Waals surface area contributed by atoms with Crippen LogP contribution in [0.2, 0.25) is 0 Å². The van der Waals surface area contributed by atoms with E-state index in [9.17, 15) is 0 Å². The van der Waals surface area contributed by atoms with Gasteiger partial charge in [0.05, 0.1) is 0 Å². The van der Waals surface area contributed by atoms with E-state index in [-0.39, 0.29) is 0 Å². The molecule has 1 aromatic carbocycles. The van der Waals surface area contributed by atoms with Gasteiger partial charge in [0.1, 0.15) is 0 Å². The molecule has 0 heterocycles. The third-order valence-electron chi connectivity index (χ3n) is 4.09. The van der Waals surface area contributed by atoms with Gasteiger partial charge in [0.25, 0.3) is 0 Å². The predicted octanol–water partition coefficient (Wildman–Crippen LogP) is 4.29. The first-order valence-corrected chi connectivity index (χ1v) is 8.14. The first kappa shape index (κ1) is 14.0. The van der Waals surface area contributed by atoms with Crippen molar-refractivity contribution in [2.24, 2.45) is 5.92 Å². The van der Waals surface area contributed by atoms with Gasteiger partial charge in [0.15, 0.2) is 0 Å². The van der Waals surface area contributed by atoms with Crippen molar-refractivity contribution in [3.05, 3.63) is 30.3 Å². The number of rotatable bonds is 5. The van der Waals surface area contributed by atoms with Crippen molar-refractivity contribution in [2.45, 2.75) is 43.5 Å². The van der Waals surface area contributed by atoms with Crippen molar-refractivity contribution in [1.82, 2.24) is 4.90 Å². The summed E-state index contributed by atoms with van der Waals surface area (Å²) in [7, 11) is 2.30. The third-order valence-corrected chi connectivity index (χ3v) is 5.08. The van der Waals surface area contributed by atoms with E-state index in [4.69, 9.17) is 0 Å². The van der Waals surface area contributed by atoms with Crippen LogP contribution in [0.3, 0.4) is 0 Å². The molecule has 1 saturated carbocycles. The molecule has 0 aromatic heterocycles. The second-order valence-corrected chi connectivity index (χ2v) is 6.64. The Bertz CT molecular complexity index is 338. The molecule has 0 radical (unpaired) electrons. The van der Waals surface area contributed by atoms with Crippen LogP contribution < -0.4 is 0 Å². The molecule has 0 spiro atoms. The highest BCUT2D eigenvalue weighted by atomic mass is 32.2. The van der Waals surface area contributed by atoms with Crippen molar-refractivity contribution in [3.63, 3.8) is 0 Å². The van der Waals surface area contributed by atoms with E-state index in [1.165, 1.54) is 42.9 Å². The third kappa shape index (κ3) is 4.03. The molecule has 2 rings (SSSR count). The number of hydrogen-bond acceptors (Lipinski definition) is 2. The quantitative estimate of drug-likeness (QED) is 0.729. The lowest BCUT2D eigenvalue weighted by atomic mass is 9.85. The van der Waals surface area contributed by atoms with Gasteiger partial charge in [-0.3, -0.25) is 0 Å². The summed E-state index contributed by atoms with van der Waals surface area (Å²) < 4.78 is 0. The van der Waals surface area contributed by atoms with Gasteiger partial charge in [-0.1, -0.05) is 38.0 Å². The van der Waals surface area contributed by atoms with Crippen LogP contribution in [0.5, 0.6) is 0 Å². The first-order chi connectivity index (χ1) is 8.77. The van der Waals surface area contributed by atoms with E-state index in [2.05, 4.69) is 49.2 Å². The molecule has 2 atom stereocenters.